The third-order valence-electron chi connectivity index (χ3n) is 3.96. The number of aliphatic carboxylic acids is 1. The molecule has 0 saturated carbocycles. The lowest BCUT2D eigenvalue weighted by Gasteiger charge is -2.37. The van der Waals surface area contributed by atoms with Gasteiger partial charge in [0.1, 0.15) is 5.41 Å². The summed E-state index contributed by atoms with van der Waals surface area (Å²) in [5, 5.41) is 9.16. The topological polar surface area (TPSA) is 95.9 Å². The highest BCUT2D eigenvalue weighted by atomic mass is 32.2. The summed E-state index contributed by atoms with van der Waals surface area (Å²) in [4.78, 5) is 11.2. The van der Waals surface area contributed by atoms with E-state index in [0.717, 1.165) is 11.1 Å². The number of fused-ring (bicyclic) bond motifs is 1. The number of carboxylic acids is 1. The Morgan fingerprint density at radius 1 is 1.29 bits per heavy atom. The predicted octanol–water partition coefficient (Wildman–Crippen LogP) is -0.0622. The zero-order valence-corrected chi connectivity index (χ0v) is 12.1. The third-order valence-corrected chi connectivity index (χ3v) is 5.40. The Morgan fingerprint density at radius 3 is 2.29 bits per heavy atom. The van der Waals surface area contributed by atoms with Gasteiger partial charge < -0.3 is 9.84 Å². The van der Waals surface area contributed by atoms with E-state index in [1.54, 1.807) is 0 Å². The normalized spacial score (nSPS) is 20.8. The van der Waals surface area contributed by atoms with Gasteiger partial charge in [0.25, 0.3) is 10.2 Å². The van der Waals surface area contributed by atoms with Gasteiger partial charge in [0.05, 0.1) is 13.2 Å². The Kier molecular flexibility index (Phi) is 3.48. The first kappa shape index (κ1) is 14.5. The van der Waals surface area contributed by atoms with Crippen molar-refractivity contribution in [3.8, 4) is 0 Å². The summed E-state index contributed by atoms with van der Waals surface area (Å²) >= 11 is 0. The lowest BCUT2D eigenvalue weighted by Crippen LogP contribution is -2.57. The predicted molar refractivity (Wildman–Crippen MR) is 73.5 cm³/mol. The van der Waals surface area contributed by atoms with Crippen molar-refractivity contribution in [1.29, 1.82) is 0 Å². The van der Waals surface area contributed by atoms with Gasteiger partial charge in [-0.1, -0.05) is 24.3 Å². The van der Waals surface area contributed by atoms with E-state index in [9.17, 15) is 13.2 Å². The first-order chi connectivity index (χ1) is 9.93. The van der Waals surface area contributed by atoms with Crippen LogP contribution in [0.2, 0.25) is 0 Å². The summed E-state index contributed by atoms with van der Waals surface area (Å²) in [6.45, 7) is 0.526. The minimum absolute atomic E-state index is 0.0328. The van der Waals surface area contributed by atoms with Crippen LogP contribution in [0.1, 0.15) is 11.1 Å². The van der Waals surface area contributed by atoms with Crippen LogP contribution in [0.4, 0.5) is 0 Å². The highest BCUT2D eigenvalue weighted by molar-refractivity contribution is 7.87. The van der Waals surface area contributed by atoms with Crippen molar-refractivity contribution in [2.75, 3.05) is 19.8 Å². The van der Waals surface area contributed by atoms with Crippen LogP contribution in [-0.2, 0) is 32.8 Å². The van der Waals surface area contributed by atoms with Crippen molar-refractivity contribution in [2.45, 2.75) is 13.1 Å². The largest absolute Gasteiger partial charge is 0.481 e. The van der Waals surface area contributed by atoms with E-state index in [-0.39, 0.29) is 19.8 Å². The summed E-state index contributed by atoms with van der Waals surface area (Å²) in [5.74, 6) is -1.04. The van der Waals surface area contributed by atoms with Gasteiger partial charge in [-0.25, -0.2) is 4.72 Å². The summed E-state index contributed by atoms with van der Waals surface area (Å²) < 4.78 is 33.2. The van der Waals surface area contributed by atoms with E-state index in [1.165, 1.54) is 4.31 Å². The number of benzene rings is 1. The first-order valence-electron chi connectivity index (χ1n) is 6.56. The number of nitrogens with zero attached hydrogens (tertiary/aromatic N) is 1. The van der Waals surface area contributed by atoms with Crippen LogP contribution in [-0.4, -0.2) is 43.6 Å². The fraction of sp³-hybridized carbons (Fsp3) is 0.462. The van der Waals surface area contributed by atoms with E-state index in [2.05, 4.69) is 4.72 Å². The van der Waals surface area contributed by atoms with Crippen LogP contribution in [0.3, 0.4) is 0 Å². The number of carboxylic acid groups (broad SMARTS) is 1. The Morgan fingerprint density at radius 2 is 1.86 bits per heavy atom. The summed E-state index contributed by atoms with van der Waals surface area (Å²) in [6.07, 6.45) is 0. The fourth-order valence-electron chi connectivity index (χ4n) is 2.44. The summed E-state index contributed by atoms with van der Waals surface area (Å²) in [6, 6.07) is 7.52. The van der Waals surface area contributed by atoms with E-state index >= 15 is 0 Å². The molecule has 1 saturated heterocycles. The summed E-state index contributed by atoms with van der Waals surface area (Å²) in [5.41, 5.74) is 0.810. The van der Waals surface area contributed by atoms with Gasteiger partial charge in [0.15, 0.2) is 0 Å². The van der Waals surface area contributed by atoms with Gasteiger partial charge in [-0.15, -0.1) is 0 Å². The molecule has 3 rings (SSSR count). The van der Waals surface area contributed by atoms with E-state index < -0.39 is 21.6 Å². The minimum atomic E-state index is -3.71. The van der Waals surface area contributed by atoms with Crippen LogP contribution in [0, 0.1) is 5.41 Å². The highest BCUT2D eigenvalue weighted by Gasteiger charge is 2.47. The van der Waals surface area contributed by atoms with Crippen molar-refractivity contribution in [3.05, 3.63) is 35.4 Å². The zero-order valence-electron chi connectivity index (χ0n) is 11.3. The summed E-state index contributed by atoms with van der Waals surface area (Å²) in [7, 11) is -3.71. The quantitative estimate of drug-likeness (QED) is 0.794. The molecule has 0 unspecified atom stereocenters. The molecular formula is C13H16N2O5S. The van der Waals surface area contributed by atoms with Crippen LogP contribution in [0.5, 0.6) is 0 Å². The number of hydrogen-bond acceptors (Lipinski definition) is 4. The van der Waals surface area contributed by atoms with Crippen LogP contribution in [0.15, 0.2) is 24.3 Å². The molecule has 1 fully saturated rings. The van der Waals surface area contributed by atoms with Gasteiger partial charge in [-0.05, 0) is 11.1 Å². The van der Waals surface area contributed by atoms with Gasteiger partial charge in [-0.2, -0.15) is 12.7 Å². The number of hydrogen-bond donors (Lipinski definition) is 2. The molecule has 2 N–H and O–H groups in total. The Bertz CT molecular complexity index is 644. The number of nitrogens with one attached hydrogen (secondary N) is 1. The van der Waals surface area contributed by atoms with E-state index in [0.29, 0.717) is 13.1 Å². The molecule has 1 aromatic carbocycles. The molecule has 7 nitrogen and oxygen atoms in total. The highest BCUT2D eigenvalue weighted by Crippen LogP contribution is 2.28. The van der Waals surface area contributed by atoms with E-state index in [4.69, 9.17) is 9.84 Å². The maximum absolute atomic E-state index is 12.3. The number of carbonyl (C=O) groups is 1. The Hall–Kier alpha value is -1.48. The smallest absolute Gasteiger partial charge is 0.315 e. The molecule has 8 heteroatoms. The van der Waals surface area contributed by atoms with Gasteiger partial charge >= 0.3 is 5.97 Å². The average Bonchev–Trinajstić information content (AvgIpc) is 2.81. The van der Waals surface area contributed by atoms with Crippen molar-refractivity contribution >= 4 is 16.2 Å². The molecule has 0 bridgehead atoms. The molecule has 0 radical (unpaired) electrons. The maximum Gasteiger partial charge on any atom is 0.315 e. The second kappa shape index (κ2) is 5.06. The Labute approximate surface area is 122 Å². The second-order valence-corrected chi connectivity index (χ2v) is 7.20. The van der Waals surface area contributed by atoms with Crippen molar-refractivity contribution in [1.82, 2.24) is 9.03 Å². The standard InChI is InChI=1S/C13H16N2O5S/c16-12(17)13(8-20-9-13)7-14-21(18,19)15-5-10-3-1-2-4-11(10)6-15/h1-4,14H,5-9H2,(H,16,17). The third kappa shape index (κ3) is 2.55. The molecule has 21 heavy (non-hydrogen) atoms. The minimum Gasteiger partial charge on any atom is -0.481 e. The van der Waals surface area contributed by atoms with E-state index in [1.807, 2.05) is 24.3 Å². The molecule has 0 atom stereocenters. The second-order valence-electron chi connectivity index (χ2n) is 5.44. The molecule has 0 aliphatic carbocycles. The molecule has 114 valence electrons. The van der Waals surface area contributed by atoms with Crippen molar-refractivity contribution in [2.24, 2.45) is 5.41 Å². The zero-order chi connectivity index (χ0) is 15.1. The maximum atomic E-state index is 12.3. The van der Waals surface area contributed by atoms with Gasteiger partial charge in [0, 0.05) is 19.6 Å². The molecule has 2 heterocycles. The Balaban J connectivity index is 1.67. The van der Waals surface area contributed by atoms with Crippen LogP contribution in [0.25, 0.3) is 0 Å². The fourth-order valence-corrected chi connectivity index (χ4v) is 3.70. The molecule has 1 aromatic rings. The molecule has 2 aliphatic heterocycles. The lowest BCUT2D eigenvalue weighted by atomic mass is 9.86. The molecular weight excluding hydrogens is 296 g/mol. The SMILES string of the molecule is O=C(O)C1(CNS(=O)(=O)N2Cc3ccccc3C2)COC1. The van der Waals surface area contributed by atoms with Gasteiger partial charge in [0.2, 0.25) is 0 Å². The van der Waals surface area contributed by atoms with Crippen LogP contribution >= 0.6 is 0 Å². The average molecular weight is 312 g/mol. The molecule has 0 spiro atoms. The number of rotatable bonds is 5. The molecule has 0 aromatic heterocycles. The number of ether oxygens (including phenoxy) is 1. The van der Waals surface area contributed by atoms with Crippen molar-refractivity contribution in [3.63, 3.8) is 0 Å². The molecule has 0 amide bonds. The monoisotopic (exact) mass is 312 g/mol. The first-order valence-corrected chi connectivity index (χ1v) is 8.00. The molecule has 2 aliphatic rings. The lowest BCUT2D eigenvalue weighted by molar-refractivity contribution is -0.177. The van der Waals surface area contributed by atoms with Gasteiger partial charge in [-0.3, -0.25) is 4.79 Å². The van der Waals surface area contributed by atoms with Crippen molar-refractivity contribution < 1.29 is 23.1 Å². The van der Waals surface area contributed by atoms with Crippen LogP contribution < -0.4 is 4.72 Å².